The zero-order chi connectivity index (χ0) is 24.6. The Balaban J connectivity index is 1.76. The van der Waals surface area contributed by atoms with E-state index in [4.69, 9.17) is 9.47 Å². The van der Waals surface area contributed by atoms with Crippen LogP contribution in [-0.4, -0.2) is 49.2 Å². The van der Waals surface area contributed by atoms with Gasteiger partial charge in [0.05, 0.1) is 37.1 Å². The van der Waals surface area contributed by atoms with E-state index >= 15 is 0 Å². The lowest BCUT2D eigenvalue weighted by Gasteiger charge is -2.16. The molecule has 4 rings (SSSR count). The molecule has 0 aliphatic carbocycles. The highest BCUT2D eigenvalue weighted by atomic mass is 19.4. The molecular weight excluding hydrogens is 460 g/mol. The van der Waals surface area contributed by atoms with E-state index in [9.17, 15) is 22.4 Å². The molecule has 0 amide bonds. The molecule has 0 radical (unpaired) electrons. The number of aromatic nitrogens is 6. The Bertz CT molecular complexity index is 1350. The Morgan fingerprint density at radius 1 is 1.18 bits per heavy atom. The minimum Gasteiger partial charge on any atom is -0.479 e. The van der Waals surface area contributed by atoms with Gasteiger partial charge in [-0.1, -0.05) is 12.1 Å². The van der Waals surface area contributed by atoms with Crippen molar-refractivity contribution in [3.63, 3.8) is 0 Å². The van der Waals surface area contributed by atoms with Gasteiger partial charge in [0.15, 0.2) is 11.0 Å². The number of carbonyl (C=O) groups is 1. The molecule has 1 aromatic carbocycles. The Morgan fingerprint density at radius 3 is 2.50 bits per heavy atom. The first-order valence-electron chi connectivity index (χ1n) is 10.0. The maximum atomic E-state index is 14.8. The standard InChI is InChI=1S/C21H18F4N6O3/c1-4-34-19(32)13-9-26-30(10-13)20-27-15-16(18(28-20)33-3)31(29-17(15)22)11(2)12-5-7-14(8-6-12)21(23,24)25/h5-11H,4H2,1-3H3/t11-/m0/s1. The third-order valence-electron chi connectivity index (χ3n) is 5.04. The minimum atomic E-state index is -4.47. The van der Waals surface area contributed by atoms with Crippen LogP contribution in [0.2, 0.25) is 0 Å². The highest BCUT2D eigenvalue weighted by Gasteiger charge is 2.30. The Kier molecular flexibility index (Phi) is 5.94. The first kappa shape index (κ1) is 23.1. The summed E-state index contributed by atoms with van der Waals surface area (Å²) in [4.78, 5) is 20.3. The van der Waals surface area contributed by atoms with Gasteiger partial charge in [0.25, 0.3) is 11.9 Å². The highest BCUT2D eigenvalue weighted by molar-refractivity contribution is 5.88. The van der Waals surface area contributed by atoms with Crippen molar-refractivity contribution >= 4 is 17.0 Å². The molecular formula is C21H18F4N6O3. The molecule has 3 heterocycles. The molecule has 0 aliphatic rings. The summed E-state index contributed by atoms with van der Waals surface area (Å²) in [5.74, 6) is -1.65. The van der Waals surface area contributed by atoms with Gasteiger partial charge < -0.3 is 9.47 Å². The predicted octanol–water partition coefficient (Wildman–Crippen LogP) is 3.96. The van der Waals surface area contributed by atoms with Crippen molar-refractivity contribution in [1.29, 1.82) is 0 Å². The van der Waals surface area contributed by atoms with E-state index in [2.05, 4.69) is 20.2 Å². The molecule has 1 atom stereocenters. The van der Waals surface area contributed by atoms with Crippen LogP contribution in [0.5, 0.6) is 5.88 Å². The fraction of sp³-hybridized carbons (Fsp3) is 0.286. The average Bonchev–Trinajstić information content (AvgIpc) is 3.43. The molecule has 13 heteroatoms. The number of fused-ring (bicyclic) bond motifs is 1. The molecule has 0 saturated heterocycles. The van der Waals surface area contributed by atoms with Crippen LogP contribution >= 0.6 is 0 Å². The molecule has 9 nitrogen and oxygen atoms in total. The number of benzene rings is 1. The number of methoxy groups -OCH3 is 1. The smallest absolute Gasteiger partial charge is 0.416 e. The van der Waals surface area contributed by atoms with Crippen LogP contribution in [0.1, 0.15) is 41.4 Å². The zero-order valence-corrected chi connectivity index (χ0v) is 18.2. The van der Waals surface area contributed by atoms with E-state index in [-0.39, 0.29) is 35.0 Å². The maximum Gasteiger partial charge on any atom is 0.416 e. The van der Waals surface area contributed by atoms with Gasteiger partial charge in [-0.3, -0.25) is 0 Å². The Morgan fingerprint density at radius 2 is 1.88 bits per heavy atom. The number of hydrogen-bond donors (Lipinski definition) is 0. The average molecular weight is 478 g/mol. The molecule has 0 spiro atoms. The van der Waals surface area contributed by atoms with Crippen molar-refractivity contribution in [3.05, 3.63) is 59.3 Å². The molecule has 178 valence electrons. The number of esters is 1. The molecule has 0 saturated carbocycles. The van der Waals surface area contributed by atoms with Crippen molar-refractivity contribution in [2.75, 3.05) is 13.7 Å². The van der Waals surface area contributed by atoms with Gasteiger partial charge in [0.2, 0.25) is 5.88 Å². The van der Waals surface area contributed by atoms with Crippen LogP contribution in [0.3, 0.4) is 0 Å². The predicted molar refractivity (Wildman–Crippen MR) is 110 cm³/mol. The first-order valence-corrected chi connectivity index (χ1v) is 10.0. The third-order valence-corrected chi connectivity index (χ3v) is 5.04. The summed E-state index contributed by atoms with van der Waals surface area (Å²) in [5.41, 5.74) is -0.277. The number of rotatable bonds is 6. The molecule has 0 bridgehead atoms. The molecule has 34 heavy (non-hydrogen) atoms. The summed E-state index contributed by atoms with van der Waals surface area (Å²) >= 11 is 0. The van der Waals surface area contributed by atoms with Crippen molar-refractivity contribution in [2.45, 2.75) is 26.1 Å². The van der Waals surface area contributed by atoms with Gasteiger partial charge in [-0.25, -0.2) is 19.1 Å². The van der Waals surface area contributed by atoms with Crippen LogP contribution in [0.4, 0.5) is 17.6 Å². The Hall–Kier alpha value is -4.03. The number of hydrogen-bond acceptors (Lipinski definition) is 7. The topological polar surface area (TPSA) is 96.9 Å². The summed E-state index contributed by atoms with van der Waals surface area (Å²) in [7, 11) is 1.32. The SMILES string of the molecule is CCOC(=O)c1cnn(-c2nc(OC)c3c(n2)c(F)nn3[C@@H](C)c2ccc(C(F)(F)F)cc2)c1. The lowest BCUT2D eigenvalue weighted by atomic mass is 10.1. The van der Waals surface area contributed by atoms with Gasteiger partial charge in [0.1, 0.15) is 0 Å². The lowest BCUT2D eigenvalue weighted by Crippen LogP contribution is -2.11. The maximum absolute atomic E-state index is 14.8. The number of halogens is 4. The fourth-order valence-corrected chi connectivity index (χ4v) is 3.33. The quantitative estimate of drug-likeness (QED) is 0.306. The summed E-state index contributed by atoms with van der Waals surface area (Å²) < 4.78 is 66.1. The summed E-state index contributed by atoms with van der Waals surface area (Å²) in [5, 5.41) is 7.89. The monoisotopic (exact) mass is 478 g/mol. The largest absolute Gasteiger partial charge is 0.479 e. The van der Waals surface area contributed by atoms with Crippen molar-refractivity contribution in [2.24, 2.45) is 0 Å². The van der Waals surface area contributed by atoms with Gasteiger partial charge in [-0.15, -0.1) is 5.10 Å². The molecule has 4 aromatic rings. The van der Waals surface area contributed by atoms with Crippen molar-refractivity contribution < 1.29 is 31.8 Å². The van der Waals surface area contributed by atoms with Crippen molar-refractivity contribution in [1.82, 2.24) is 29.5 Å². The fourth-order valence-electron chi connectivity index (χ4n) is 3.33. The zero-order valence-electron chi connectivity index (χ0n) is 18.2. The third kappa shape index (κ3) is 4.16. The second-order valence-corrected chi connectivity index (χ2v) is 7.16. The number of ether oxygens (including phenoxy) is 2. The normalized spacial score (nSPS) is 12.7. The van der Waals surface area contributed by atoms with Crippen LogP contribution < -0.4 is 4.74 Å². The summed E-state index contributed by atoms with van der Waals surface area (Å²) in [6, 6.07) is 3.80. The van der Waals surface area contributed by atoms with E-state index in [1.165, 1.54) is 36.3 Å². The molecule has 0 aliphatic heterocycles. The highest BCUT2D eigenvalue weighted by Crippen LogP contribution is 2.33. The second kappa shape index (κ2) is 8.72. The Labute approximate surface area is 189 Å². The second-order valence-electron chi connectivity index (χ2n) is 7.16. The van der Waals surface area contributed by atoms with Gasteiger partial charge in [-0.2, -0.15) is 27.6 Å². The number of alkyl halides is 3. The van der Waals surface area contributed by atoms with E-state index < -0.39 is 29.7 Å². The minimum absolute atomic E-state index is 0.0386. The number of nitrogens with zero attached hydrogens (tertiary/aromatic N) is 6. The number of carbonyl (C=O) groups excluding carboxylic acids is 1. The molecule has 0 N–H and O–H groups in total. The molecule has 0 unspecified atom stereocenters. The van der Waals surface area contributed by atoms with Crippen molar-refractivity contribution in [3.8, 4) is 11.8 Å². The van der Waals surface area contributed by atoms with Crippen LogP contribution in [0.25, 0.3) is 17.0 Å². The first-order chi connectivity index (χ1) is 16.1. The summed E-state index contributed by atoms with van der Waals surface area (Å²) in [6.07, 6.45) is -1.89. The molecule has 0 fully saturated rings. The van der Waals surface area contributed by atoms with Crippen LogP contribution in [0, 0.1) is 5.95 Å². The lowest BCUT2D eigenvalue weighted by molar-refractivity contribution is -0.137. The van der Waals surface area contributed by atoms with Crippen LogP contribution in [-0.2, 0) is 10.9 Å². The van der Waals surface area contributed by atoms with Crippen LogP contribution in [0.15, 0.2) is 36.7 Å². The van der Waals surface area contributed by atoms with Gasteiger partial charge >= 0.3 is 12.1 Å². The van der Waals surface area contributed by atoms with E-state index in [1.54, 1.807) is 13.8 Å². The summed E-state index contributed by atoms with van der Waals surface area (Å²) in [6.45, 7) is 3.49. The molecule has 3 aromatic heterocycles. The van der Waals surface area contributed by atoms with E-state index in [0.717, 1.165) is 16.8 Å². The van der Waals surface area contributed by atoms with E-state index in [1.807, 2.05) is 0 Å². The van der Waals surface area contributed by atoms with E-state index in [0.29, 0.717) is 5.56 Å². The van der Waals surface area contributed by atoms with Gasteiger partial charge in [0, 0.05) is 6.20 Å². The van der Waals surface area contributed by atoms with Gasteiger partial charge in [-0.05, 0) is 31.5 Å².